The summed E-state index contributed by atoms with van der Waals surface area (Å²) < 4.78 is 5.49. The van der Waals surface area contributed by atoms with Crippen molar-refractivity contribution in [1.29, 1.82) is 0 Å². The second-order valence-electron chi connectivity index (χ2n) is 7.25. The summed E-state index contributed by atoms with van der Waals surface area (Å²) in [6, 6.07) is 2.76. The van der Waals surface area contributed by atoms with E-state index >= 15 is 0 Å². The van der Waals surface area contributed by atoms with Crippen LogP contribution in [0.15, 0.2) is 12.4 Å². The Hall–Kier alpha value is -1.36. The van der Waals surface area contributed by atoms with Crippen molar-refractivity contribution in [2.75, 3.05) is 37.7 Å². The van der Waals surface area contributed by atoms with E-state index in [2.05, 4.69) is 26.7 Å². The smallest absolute Gasteiger partial charge is 0.218 e. The lowest BCUT2D eigenvalue weighted by molar-refractivity contribution is 0.147. The van der Waals surface area contributed by atoms with Crippen LogP contribution in [0.5, 0.6) is 5.88 Å². The van der Waals surface area contributed by atoms with Crippen LogP contribution >= 0.6 is 0 Å². The van der Waals surface area contributed by atoms with Gasteiger partial charge in [0.05, 0.1) is 6.61 Å². The number of hydrogen-bond donors (Lipinski definition) is 0. The lowest BCUT2D eigenvalue weighted by Gasteiger charge is -2.36. The van der Waals surface area contributed by atoms with Crippen LogP contribution in [0, 0.1) is 5.92 Å². The highest BCUT2D eigenvalue weighted by molar-refractivity contribution is 5.41. The van der Waals surface area contributed by atoms with Gasteiger partial charge in [0.15, 0.2) is 0 Å². The van der Waals surface area contributed by atoms with Crippen molar-refractivity contribution in [3.05, 3.63) is 12.4 Å². The fourth-order valence-corrected chi connectivity index (χ4v) is 4.02. The van der Waals surface area contributed by atoms with Gasteiger partial charge in [0.25, 0.3) is 0 Å². The molecule has 3 heterocycles. The molecule has 5 heteroatoms. The molecule has 5 nitrogen and oxygen atoms in total. The number of anilines is 1. The molecule has 2 aliphatic heterocycles. The van der Waals surface area contributed by atoms with Gasteiger partial charge >= 0.3 is 0 Å². The van der Waals surface area contributed by atoms with Gasteiger partial charge in [0, 0.05) is 25.2 Å². The average molecular weight is 332 g/mol. The third kappa shape index (κ3) is 4.59. The standard InChI is InChI=1S/C19H32N4O/c1-3-24-19-14-18(20-15-21-19)23-12-8-17(9-13-23)7-11-22-10-5-4-6-16(22)2/h14-17H,3-13H2,1-2H3. The van der Waals surface area contributed by atoms with E-state index in [9.17, 15) is 0 Å². The van der Waals surface area contributed by atoms with E-state index in [1.807, 2.05) is 13.0 Å². The van der Waals surface area contributed by atoms with E-state index in [0.29, 0.717) is 12.5 Å². The minimum Gasteiger partial charge on any atom is -0.478 e. The summed E-state index contributed by atoms with van der Waals surface area (Å²) in [6.07, 6.45) is 9.70. The number of aromatic nitrogens is 2. The first-order chi connectivity index (χ1) is 11.8. The molecule has 3 rings (SSSR count). The molecule has 0 bridgehead atoms. The van der Waals surface area contributed by atoms with Gasteiger partial charge < -0.3 is 14.5 Å². The Kier molecular flexibility index (Phi) is 6.30. The van der Waals surface area contributed by atoms with Crippen molar-refractivity contribution in [3.63, 3.8) is 0 Å². The highest BCUT2D eigenvalue weighted by Crippen LogP contribution is 2.26. The fourth-order valence-electron chi connectivity index (χ4n) is 4.02. The van der Waals surface area contributed by atoms with Crippen molar-refractivity contribution in [1.82, 2.24) is 14.9 Å². The maximum absolute atomic E-state index is 5.49. The first kappa shape index (κ1) is 17.5. The molecule has 24 heavy (non-hydrogen) atoms. The van der Waals surface area contributed by atoms with Crippen LogP contribution in [-0.2, 0) is 0 Å². The number of ether oxygens (including phenoxy) is 1. The molecule has 2 fully saturated rings. The highest BCUT2D eigenvalue weighted by Gasteiger charge is 2.23. The Morgan fingerprint density at radius 2 is 1.96 bits per heavy atom. The largest absolute Gasteiger partial charge is 0.478 e. The third-order valence-electron chi connectivity index (χ3n) is 5.62. The predicted octanol–water partition coefficient (Wildman–Crippen LogP) is 3.36. The van der Waals surface area contributed by atoms with Crippen LogP contribution in [0.2, 0.25) is 0 Å². The second kappa shape index (κ2) is 8.65. The predicted molar refractivity (Wildman–Crippen MR) is 97.6 cm³/mol. The monoisotopic (exact) mass is 332 g/mol. The molecule has 1 aromatic rings. The maximum Gasteiger partial charge on any atom is 0.218 e. The Morgan fingerprint density at radius 1 is 1.12 bits per heavy atom. The van der Waals surface area contributed by atoms with Gasteiger partial charge in [-0.3, -0.25) is 0 Å². The van der Waals surface area contributed by atoms with Crippen molar-refractivity contribution < 1.29 is 4.74 Å². The average Bonchev–Trinajstić information content (AvgIpc) is 2.62. The molecule has 1 atom stereocenters. The SMILES string of the molecule is CCOc1cc(N2CCC(CCN3CCCCC3C)CC2)ncn1. The molecule has 2 saturated heterocycles. The van der Waals surface area contributed by atoms with Gasteiger partial charge in [0.2, 0.25) is 5.88 Å². The number of likely N-dealkylation sites (tertiary alicyclic amines) is 1. The molecule has 0 aliphatic carbocycles. The first-order valence-electron chi connectivity index (χ1n) is 9.70. The van der Waals surface area contributed by atoms with Gasteiger partial charge in [-0.15, -0.1) is 0 Å². The minimum atomic E-state index is 0.646. The molecule has 0 radical (unpaired) electrons. The van der Waals surface area contributed by atoms with Crippen molar-refractivity contribution in [2.45, 2.75) is 58.4 Å². The van der Waals surface area contributed by atoms with Crippen molar-refractivity contribution >= 4 is 5.82 Å². The van der Waals surface area contributed by atoms with Gasteiger partial charge in [-0.05, 0) is 65.0 Å². The van der Waals surface area contributed by atoms with Crippen molar-refractivity contribution in [3.8, 4) is 5.88 Å². The van der Waals surface area contributed by atoms with E-state index in [0.717, 1.165) is 30.9 Å². The van der Waals surface area contributed by atoms with Crippen LogP contribution in [0.1, 0.15) is 52.4 Å². The molecule has 134 valence electrons. The summed E-state index contributed by atoms with van der Waals surface area (Å²) >= 11 is 0. The summed E-state index contributed by atoms with van der Waals surface area (Å²) in [5, 5.41) is 0. The Morgan fingerprint density at radius 3 is 2.71 bits per heavy atom. The van der Waals surface area contributed by atoms with E-state index < -0.39 is 0 Å². The van der Waals surface area contributed by atoms with Crippen LogP contribution in [0.3, 0.4) is 0 Å². The number of piperidine rings is 2. The molecule has 1 aromatic heterocycles. The molecular formula is C19H32N4O. The quantitative estimate of drug-likeness (QED) is 0.799. The van der Waals surface area contributed by atoms with E-state index in [1.165, 1.54) is 51.6 Å². The van der Waals surface area contributed by atoms with Gasteiger partial charge in [0.1, 0.15) is 12.1 Å². The van der Waals surface area contributed by atoms with Gasteiger partial charge in [-0.1, -0.05) is 6.42 Å². The number of rotatable bonds is 6. The molecular weight excluding hydrogens is 300 g/mol. The molecule has 2 aliphatic rings. The minimum absolute atomic E-state index is 0.646. The van der Waals surface area contributed by atoms with Crippen LogP contribution in [0.4, 0.5) is 5.82 Å². The summed E-state index contributed by atoms with van der Waals surface area (Å²) in [7, 11) is 0. The Balaban J connectivity index is 1.44. The molecule has 0 amide bonds. The highest BCUT2D eigenvalue weighted by atomic mass is 16.5. The summed E-state index contributed by atoms with van der Waals surface area (Å²) in [4.78, 5) is 13.7. The number of hydrogen-bond acceptors (Lipinski definition) is 5. The van der Waals surface area contributed by atoms with E-state index in [4.69, 9.17) is 4.74 Å². The Labute approximate surface area is 146 Å². The Bertz CT molecular complexity index is 502. The zero-order chi connectivity index (χ0) is 16.8. The molecule has 0 spiro atoms. The topological polar surface area (TPSA) is 41.5 Å². The van der Waals surface area contributed by atoms with E-state index in [1.54, 1.807) is 6.33 Å². The third-order valence-corrected chi connectivity index (χ3v) is 5.62. The van der Waals surface area contributed by atoms with Crippen molar-refractivity contribution in [2.24, 2.45) is 5.92 Å². The molecule has 0 N–H and O–H groups in total. The van der Waals surface area contributed by atoms with Crippen LogP contribution in [0.25, 0.3) is 0 Å². The summed E-state index contributed by atoms with van der Waals surface area (Å²) in [6.45, 7) is 9.82. The number of nitrogens with zero attached hydrogens (tertiary/aromatic N) is 4. The lowest BCUT2D eigenvalue weighted by atomic mass is 9.92. The first-order valence-corrected chi connectivity index (χ1v) is 9.70. The van der Waals surface area contributed by atoms with Crippen LogP contribution < -0.4 is 9.64 Å². The lowest BCUT2D eigenvalue weighted by Crippen LogP contribution is -2.40. The summed E-state index contributed by atoms with van der Waals surface area (Å²) in [5.41, 5.74) is 0. The normalized spacial score (nSPS) is 23.4. The van der Waals surface area contributed by atoms with Crippen LogP contribution in [-0.4, -0.2) is 53.7 Å². The van der Waals surface area contributed by atoms with Gasteiger partial charge in [-0.25, -0.2) is 9.97 Å². The maximum atomic E-state index is 5.49. The fraction of sp³-hybridized carbons (Fsp3) is 0.789. The zero-order valence-electron chi connectivity index (χ0n) is 15.3. The van der Waals surface area contributed by atoms with E-state index in [-0.39, 0.29) is 0 Å². The molecule has 0 saturated carbocycles. The molecule has 0 aromatic carbocycles. The summed E-state index contributed by atoms with van der Waals surface area (Å²) in [5.74, 6) is 2.56. The second-order valence-corrected chi connectivity index (χ2v) is 7.25. The molecule has 1 unspecified atom stereocenters. The zero-order valence-corrected chi connectivity index (χ0v) is 15.3. The van der Waals surface area contributed by atoms with Gasteiger partial charge in [-0.2, -0.15) is 0 Å².